The van der Waals surface area contributed by atoms with Gasteiger partial charge in [0, 0.05) is 38.4 Å². The molecule has 0 atom stereocenters. The van der Waals surface area contributed by atoms with Crippen LogP contribution in [-0.4, -0.2) is 15.0 Å². The van der Waals surface area contributed by atoms with Crippen LogP contribution in [0.5, 0.6) is 0 Å². The number of hydrogen-bond donors (Lipinski definition) is 0. The molecule has 0 saturated heterocycles. The molecule has 0 unspecified atom stereocenters. The quantitative estimate of drug-likeness (QED) is 0.164. The first-order valence-corrected chi connectivity index (χ1v) is 20.4. The number of fused-ring (bicyclic) bond motifs is 9. The first-order chi connectivity index (χ1) is 29.8. The van der Waals surface area contributed by atoms with Gasteiger partial charge >= 0.3 is 0 Å². The first kappa shape index (κ1) is 34.1. The average Bonchev–Trinajstić information content (AvgIpc) is 3.33. The minimum Gasteiger partial charge on any atom is -0.246 e. The topological polar surface area (TPSA) is 38.7 Å². The number of benzene rings is 10. The van der Waals surface area contributed by atoms with Crippen molar-refractivity contribution in [3.63, 3.8) is 0 Å². The van der Waals surface area contributed by atoms with Gasteiger partial charge in [0.15, 0.2) is 5.82 Å². The third-order valence-electron chi connectivity index (χ3n) is 12.0. The lowest BCUT2D eigenvalue weighted by molar-refractivity contribution is 1.19. The maximum absolute atomic E-state index is 5.61. The molecule has 0 N–H and O–H groups in total. The van der Waals surface area contributed by atoms with E-state index in [-0.39, 0.29) is 0 Å². The van der Waals surface area contributed by atoms with E-state index in [1.54, 1.807) is 0 Å². The summed E-state index contributed by atoms with van der Waals surface area (Å²) in [5.74, 6) is 0.674. The second kappa shape index (κ2) is 13.8. The molecular formula is C57H35N3. The van der Waals surface area contributed by atoms with Gasteiger partial charge in [-0.15, -0.1) is 0 Å². The number of hydrogen-bond acceptors (Lipinski definition) is 3. The van der Waals surface area contributed by atoms with Crippen LogP contribution in [0.15, 0.2) is 212 Å². The minimum atomic E-state index is 0.674. The van der Waals surface area contributed by atoms with Gasteiger partial charge in [0.05, 0.1) is 22.6 Å². The molecule has 3 heteroatoms. The van der Waals surface area contributed by atoms with Crippen LogP contribution in [0.1, 0.15) is 0 Å². The Morgan fingerprint density at radius 1 is 0.267 bits per heavy atom. The highest BCUT2D eigenvalue weighted by molar-refractivity contribution is 6.20. The smallest absolute Gasteiger partial charge is 0.161 e. The van der Waals surface area contributed by atoms with Crippen LogP contribution < -0.4 is 0 Å². The van der Waals surface area contributed by atoms with Crippen molar-refractivity contribution in [1.82, 2.24) is 15.0 Å². The summed E-state index contributed by atoms with van der Waals surface area (Å²) in [7, 11) is 0. The molecule has 0 fully saturated rings. The Balaban J connectivity index is 1.21. The number of rotatable bonds is 5. The van der Waals surface area contributed by atoms with Crippen molar-refractivity contribution < 1.29 is 0 Å². The largest absolute Gasteiger partial charge is 0.246 e. The van der Waals surface area contributed by atoms with E-state index in [1.165, 1.54) is 37.9 Å². The Morgan fingerprint density at radius 3 is 1.38 bits per heavy atom. The van der Waals surface area contributed by atoms with E-state index in [9.17, 15) is 0 Å². The van der Waals surface area contributed by atoms with Gasteiger partial charge in [-0.3, -0.25) is 0 Å². The number of pyridine rings is 1. The van der Waals surface area contributed by atoms with E-state index in [0.29, 0.717) is 5.82 Å². The van der Waals surface area contributed by atoms with Crippen LogP contribution in [0.3, 0.4) is 0 Å². The number of aromatic nitrogens is 3. The van der Waals surface area contributed by atoms with Gasteiger partial charge < -0.3 is 0 Å². The van der Waals surface area contributed by atoms with Crippen molar-refractivity contribution in [3.05, 3.63) is 212 Å². The van der Waals surface area contributed by atoms with Gasteiger partial charge in [-0.05, 0) is 72.4 Å². The van der Waals surface area contributed by atoms with Gasteiger partial charge in [0.25, 0.3) is 0 Å². The number of nitrogens with zero attached hydrogens (tertiary/aromatic N) is 3. The van der Waals surface area contributed by atoms with Gasteiger partial charge in [-0.2, -0.15) is 0 Å². The molecule has 2 heterocycles. The van der Waals surface area contributed by atoms with E-state index in [0.717, 1.165) is 77.3 Å². The van der Waals surface area contributed by atoms with E-state index in [1.807, 2.05) is 0 Å². The fourth-order valence-electron chi connectivity index (χ4n) is 9.31. The van der Waals surface area contributed by atoms with Gasteiger partial charge in [-0.25, -0.2) is 15.0 Å². The van der Waals surface area contributed by atoms with Crippen molar-refractivity contribution in [3.8, 4) is 56.3 Å². The van der Waals surface area contributed by atoms with Crippen molar-refractivity contribution >= 4 is 64.8 Å². The highest BCUT2D eigenvalue weighted by Gasteiger charge is 2.21. The standard InChI is InChI=1S/C57H35N3/c1-3-17-36(18-4-1)42-29-15-31-48-54(42)49-32-16-30-47(56(49)60-55(48)37-19-5-2-6-20-37)52-35-53(50-33-38-21-7-9-23-40(38)43-25-11-13-27-45(43)50)59-57(58-52)51-34-39-22-8-10-24-41(39)44-26-12-14-28-46(44)51/h1-35H. The molecule has 0 amide bonds. The van der Waals surface area contributed by atoms with Crippen LogP contribution in [0.25, 0.3) is 121 Å². The van der Waals surface area contributed by atoms with E-state index < -0.39 is 0 Å². The van der Waals surface area contributed by atoms with Crippen LogP contribution in [0.4, 0.5) is 0 Å². The molecule has 0 bridgehead atoms. The van der Waals surface area contributed by atoms with E-state index in [2.05, 4.69) is 212 Å². The highest BCUT2D eigenvalue weighted by Crippen LogP contribution is 2.43. The fraction of sp³-hybridized carbons (Fsp3) is 0. The van der Waals surface area contributed by atoms with Gasteiger partial charge in [-0.1, -0.05) is 194 Å². The van der Waals surface area contributed by atoms with Crippen LogP contribution in [-0.2, 0) is 0 Å². The highest BCUT2D eigenvalue weighted by atomic mass is 14.9. The molecule has 12 aromatic rings. The predicted molar refractivity (Wildman–Crippen MR) is 252 cm³/mol. The first-order valence-electron chi connectivity index (χ1n) is 20.4. The van der Waals surface area contributed by atoms with Gasteiger partial charge in [0.1, 0.15) is 0 Å². The molecule has 0 aliphatic heterocycles. The summed E-state index contributed by atoms with van der Waals surface area (Å²) in [4.78, 5) is 16.7. The van der Waals surface area contributed by atoms with Crippen molar-refractivity contribution in [2.45, 2.75) is 0 Å². The molecule has 0 radical (unpaired) electrons. The third kappa shape index (κ3) is 5.48. The van der Waals surface area contributed by atoms with Crippen LogP contribution in [0.2, 0.25) is 0 Å². The molecule has 0 aliphatic rings. The molecule has 10 aromatic carbocycles. The molecule has 2 aromatic heterocycles. The molecular weight excluding hydrogens is 727 g/mol. The third-order valence-corrected chi connectivity index (χ3v) is 12.0. The Hall–Kier alpha value is -8.01. The Morgan fingerprint density at radius 2 is 0.733 bits per heavy atom. The molecule has 0 aliphatic carbocycles. The lowest BCUT2D eigenvalue weighted by Gasteiger charge is -2.17. The average molecular weight is 762 g/mol. The van der Waals surface area contributed by atoms with Crippen molar-refractivity contribution in [1.29, 1.82) is 0 Å². The Bertz CT molecular complexity index is 3510. The monoisotopic (exact) mass is 761 g/mol. The molecule has 0 saturated carbocycles. The maximum atomic E-state index is 5.61. The van der Waals surface area contributed by atoms with Crippen LogP contribution in [0, 0.1) is 0 Å². The van der Waals surface area contributed by atoms with Crippen molar-refractivity contribution in [2.75, 3.05) is 0 Å². The zero-order valence-corrected chi connectivity index (χ0v) is 32.5. The zero-order valence-electron chi connectivity index (χ0n) is 32.5. The summed E-state index contributed by atoms with van der Waals surface area (Å²) in [5.41, 5.74) is 9.93. The fourth-order valence-corrected chi connectivity index (χ4v) is 9.31. The molecule has 12 rings (SSSR count). The SMILES string of the molecule is c1ccc(-c2nc3c(-c4cc(-c5cc6ccccc6c6ccccc56)nc(-c5cc6ccccc6c6ccccc56)n4)cccc3c3c(-c4ccccc4)cccc23)cc1. The Kier molecular flexibility index (Phi) is 7.85. The minimum absolute atomic E-state index is 0.674. The predicted octanol–water partition coefficient (Wildman–Crippen LogP) is 15.1. The Labute approximate surface area is 346 Å². The van der Waals surface area contributed by atoms with Gasteiger partial charge in [0.2, 0.25) is 0 Å². The van der Waals surface area contributed by atoms with E-state index >= 15 is 0 Å². The lowest BCUT2D eigenvalue weighted by atomic mass is 9.91. The van der Waals surface area contributed by atoms with Crippen LogP contribution >= 0.6 is 0 Å². The zero-order chi connectivity index (χ0) is 39.6. The molecule has 278 valence electrons. The summed E-state index contributed by atoms with van der Waals surface area (Å²) >= 11 is 0. The molecule has 3 nitrogen and oxygen atoms in total. The van der Waals surface area contributed by atoms with E-state index in [4.69, 9.17) is 15.0 Å². The summed E-state index contributed by atoms with van der Waals surface area (Å²) in [5, 5.41) is 12.8. The summed E-state index contributed by atoms with van der Waals surface area (Å²) in [6, 6.07) is 75.6. The molecule has 60 heavy (non-hydrogen) atoms. The maximum Gasteiger partial charge on any atom is 0.161 e. The second-order valence-electron chi connectivity index (χ2n) is 15.5. The summed E-state index contributed by atoms with van der Waals surface area (Å²) in [6.45, 7) is 0. The normalized spacial score (nSPS) is 11.7. The lowest BCUT2D eigenvalue weighted by Crippen LogP contribution is -1.99. The molecule has 0 spiro atoms. The summed E-state index contributed by atoms with van der Waals surface area (Å²) < 4.78 is 0. The second-order valence-corrected chi connectivity index (χ2v) is 15.5. The summed E-state index contributed by atoms with van der Waals surface area (Å²) in [6.07, 6.45) is 0. The van der Waals surface area contributed by atoms with Crippen molar-refractivity contribution in [2.24, 2.45) is 0 Å². The number of para-hydroxylation sites is 1.